The van der Waals surface area contributed by atoms with Crippen molar-refractivity contribution in [2.45, 2.75) is 17.1 Å². The molecule has 1 amide bonds. The van der Waals surface area contributed by atoms with E-state index in [9.17, 15) is 4.79 Å². The van der Waals surface area contributed by atoms with Gasteiger partial charge in [-0.25, -0.2) is 0 Å². The summed E-state index contributed by atoms with van der Waals surface area (Å²) >= 11 is 19.2. The molecule has 1 unspecified atom stereocenters. The number of hydrogen-bond acceptors (Lipinski definition) is 3. The van der Waals surface area contributed by atoms with Crippen LogP contribution < -0.4 is 16.0 Å². The number of aryl methyl sites for hydroxylation is 1. The molecule has 36 heavy (non-hydrogen) atoms. The minimum absolute atomic E-state index is 0.189. The van der Waals surface area contributed by atoms with Crippen molar-refractivity contribution in [3.8, 4) is 0 Å². The first-order valence-electron chi connectivity index (χ1n) is 11.1. The van der Waals surface area contributed by atoms with Gasteiger partial charge in [0.05, 0.1) is 10.7 Å². The van der Waals surface area contributed by atoms with Gasteiger partial charge in [-0.15, -0.1) is 11.8 Å². The molecule has 0 heterocycles. The van der Waals surface area contributed by atoms with Crippen molar-refractivity contribution in [2.75, 3.05) is 16.0 Å². The summed E-state index contributed by atoms with van der Waals surface area (Å²) in [7, 11) is 0. The maximum absolute atomic E-state index is 13.4. The molecule has 4 rings (SSSR count). The average Bonchev–Trinajstić information content (AvgIpc) is 2.86. The Morgan fingerprint density at radius 3 is 2.25 bits per heavy atom. The second kappa shape index (κ2) is 12.3. The summed E-state index contributed by atoms with van der Waals surface area (Å²) in [6.45, 7) is 2.04. The third-order valence-corrected chi connectivity index (χ3v) is 7.18. The van der Waals surface area contributed by atoms with Gasteiger partial charge >= 0.3 is 0 Å². The molecule has 0 saturated carbocycles. The van der Waals surface area contributed by atoms with Gasteiger partial charge in [-0.3, -0.25) is 4.79 Å². The Kier molecular flexibility index (Phi) is 8.88. The minimum Gasteiger partial charge on any atom is -0.332 e. The Hall–Kier alpha value is -3.03. The molecule has 0 aliphatic carbocycles. The topological polar surface area (TPSA) is 53.2 Å². The third kappa shape index (κ3) is 7.24. The van der Waals surface area contributed by atoms with Crippen LogP contribution in [0.2, 0.25) is 10.0 Å². The maximum Gasteiger partial charge on any atom is 0.242 e. The standard InChI is InChI=1S/C28H23Cl2N3OS2/c1-18-10-13-21(14-11-18)31-28(35)32-22-8-5-9-23(17-22)36-26(19-6-3-2-4-7-19)27(34)33-25-15-12-20(29)16-24(25)30/h2-17,26H,1H3,(H,33,34)(H2,31,32,35). The highest BCUT2D eigenvalue weighted by Gasteiger charge is 2.23. The average molecular weight is 553 g/mol. The Morgan fingerprint density at radius 2 is 1.53 bits per heavy atom. The highest BCUT2D eigenvalue weighted by molar-refractivity contribution is 8.00. The molecule has 4 aromatic carbocycles. The fraction of sp³-hybridized carbons (Fsp3) is 0.0714. The van der Waals surface area contributed by atoms with Crippen molar-refractivity contribution in [1.29, 1.82) is 0 Å². The van der Waals surface area contributed by atoms with E-state index in [-0.39, 0.29) is 5.91 Å². The summed E-state index contributed by atoms with van der Waals surface area (Å²) in [5, 5.41) is 10.2. The molecule has 4 aromatic rings. The van der Waals surface area contributed by atoms with Crippen LogP contribution in [0.4, 0.5) is 17.1 Å². The van der Waals surface area contributed by atoms with E-state index in [1.54, 1.807) is 18.2 Å². The van der Waals surface area contributed by atoms with Crippen LogP contribution in [0, 0.1) is 6.92 Å². The number of thiocarbonyl (C=S) groups is 1. The minimum atomic E-state index is -0.508. The van der Waals surface area contributed by atoms with Gasteiger partial charge in [-0.1, -0.05) is 77.3 Å². The van der Waals surface area contributed by atoms with E-state index in [1.807, 2.05) is 85.8 Å². The van der Waals surface area contributed by atoms with Gasteiger partial charge in [0.15, 0.2) is 5.11 Å². The van der Waals surface area contributed by atoms with E-state index in [2.05, 4.69) is 16.0 Å². The Morgan fingerprint density at radius 1 is 0.806 bits per heavy atom. The number of rotatable bonds is 7. The molecule has 182 valence electrons. The highest BCUT2D eigenvalue weighted by atomic mass is 35.5. The van der Waals surface area contributed by atoms with Gasteiger partial charge in [-0.05, 0) is 73.2 Å². The van der Waals surface area contributed by atoms with E-state index >= 15 is 0 Å². The van der Waals surface area contributed by atoms with Crippen molar-refractivity contribution in [3.05, 3.63) is 118 Å². The van der Waals surface area contributed by atoms with Crippen LogP contribution >= 0.6 is 47.2 Å². The SMILES string of the molecule is Cc1ccc(NC(=S)Nc2cccc(SC(C(=O)Nc3ccc(Cl)cc3Cl)c3ccccc3)c2)cc1. The van der Waals surface area contributed by atoms with Crippen LogP contribution in [0.25, 0.3) is 0 Å². The molecular formula is C28H23Cl2N3OS2. The van der Waals surface area contributed by atoms with Crippen LogP contribution in [0.3, 0.4) is 0 Å². The summed E-state index contributed by atoms with van der Waals surface area (Å²) in [6.07, 6.45) is 0. The molecule has 0 saturated heterocycles. The van der Waals surface area contributed by atoms with Crippen LogP contribution in [0.5, 0.6) is 0 Å². The monoisotopic (exact) mass is 551 g/mol. The van der Waals surface area contributed by atoms with E-state index in [4.69, 9.17) is 35.4 Å². The van der Waals surface area contributed by atoms with Gasteiger partial charge in [0, 0.05) is 21.3 Å². The number of thioether (sulfide) groups is 1. The Balaban J connectivity index is 1.50. The van der Waals surface area contributed by atoms with Crippen LogP contribution in [-0.4, -0.2) is 11.0 Å². The van der Waals surface area contributed by atoms with E-state index < -0.39 is 5.25 Å². The zero-order chi connectivity index (χ0) is 25.5. The smallest absolute Gasteiger partial charge is 0.242 e. The number of halogens is 2. The van der Waals surface area contributed by atoms with E-state index in [0.29, 0.717) is 20.8 Å². The fourth-order valence-electron chi connectivity index (χ4n) is 3.40. The molecule has 0 aliphatic rings. The number of nitrogens with one attached hydrogen (secondary N) is 3. The molecule has 0 aromatic heterocycles. The number of carbonyl (C=O) groups excluding carboxylic acids is 1. The van der Waals surface area contributed by atoms with Gasteiger partial charge in [-0.2, -0.15) is 0 Å². The molecule has 4 nitrogen and oxygen atoms in total. The number of benzene rings is 4. The third-order valence-electron chi connectivity index (χ3n) is 5.18. The molecule has 0 spiro atoms. The molecule has 1 atom stereocenters. The first-order chi connectivity index (χ1) is 17.4. The zero-order valence-corrected chi connectivity index (χ0v) is 22.4. The number of amides is 1. The maximum atomic E-state index is 13.4. The zero-order valence-electron chi connectivity index (χ0n) is 19.3. The largest absolute Gasteiger partial charge is 0.332 e. The number of anilines is 3. The summed E-state index contributed by atoms with van der Waals surface area (Å²) in [5.41, 5.74) is 4.29. The normalized spacial score (nSPS) is 11.4. The summed E-state index contributed by atoms with van der Waals surface area (Å²) < 4.78 is 0. The lowest BCUT2D eigenvalue weighted by molar-refractivity contribution is -0.115. The Labute approximate surface area is 230 Å². The van der Waals surface area contributed by atoms with Gasteiger partial charge in [0.1, 0.15) is 5.25 Å². The van der Waals surface area contributed by atoms with Crippen molar-refractivity contribution in [2.24, 2.45) is 0 Å². The molecule has 0 fully saturated rings. The van der Waals surface area contributed by atoms with Crippen LogP contribution in [0.15, 0.2) is 102 Å². The summed E-state index contributed by atoms with van der Waals surface area (Å²) in [6, 6.07) is 30.4. The quantitative estimate of drug-likeness (QED) is 0.158. The van der Waals surface area contributed by atoms with Crippen molar-refractivity contribution < 1.29 is 4.79 Å². The van der Waals surface area contributed by atoms with E-state index in [1.165, 1.54) is 17.3 Å². The van der Waals surface area contributed by atoms with Crippen LogP contribution in [-0.2, 0) is 4.79 Å². The molecule has 8 heteroatoms. The van der Waals surface area contributed by atoms with Crippen molar-refractivity contribution in [1.82, 2.24) is 0 Å². The van der Waals surface area contributed by atoms with Gasteiger partial charge in [0.25, 0.3) is 0 Å². The van der Waals surface area contributed by atoms with Gasteiger partial charge < -0.3 is 16.0 Å². The molecule has 3 N–H and O–H groups in total. The van der Waals surface area contributed by atoms with Crippen molar-refractivity contribution >= 4 is 75.3 Å². The highest BCUT2D eigenvalue weighted by Crippen LogP contribution is 2.38. The lowest BCUT2D eigenvalue weighted by Crippen LogP contribution is -2.20. The van der Waals surface area contributed by atoms with E-state index in [0.717, 1.165) is 21.8 Å². The molecule has 0 radical (unpaired) electrons. The predicted molar refractivity (Wildman–Crippen MR) is 158 cm³/mol. The second-order valence-electron chi connectivity index (χ2n) is 7.99. The molecule has 0 aliphatic heterocycles. The van der Waals surface area contributed by atoms with Gasteiger partial charge in [0.2, 0.25) is 5.91 Å². The Bertz CT molecular complexity index is 1370. The first kappa shape index (κ1) is 26.0. The summed E-state index contributed by atoms with van der Waals surface area (Å²) in [5.74, 6) is -0.189. The second-order valence-corrected chi connectivity index (χ2v) is 10.4. The number of carbonyl (C=O) groups is 1. The lowest BCUT2D eigenvalue weighted by Gasteiger charge is -2.18. The van der Waals surface area contributed by atoms with Crippen LogP contribution in [0.1, 0.15) is 16.4 Å². The van der Waals surface area contributed by atoms with Crippen molar-refractivity contribution in [3.63, 3.8) is 0 Å². The summed E-state index contributed by atoms with van der Waals surface area (Å²) in [4.78, 5) is 14.3. The molecule has 0 bridgehead atoms. The molecular weight excluding hydrogens is 529 g/mol. The lowest BCUT2D eigenvalue weighted by atomic mass is 10.1. The predicted octanol–water partition coefficient (Wildman–Crippen LogP) is 8.58. The fourth-order valence-corrected chi connectivity index (χ4v) is 5.18. The first-order valence-corrected chi connectivity index (χ1v) is 13.1. The number of hydrogen-bond donors (Lipinski definition) is 3.